The molecule has 0 spiro atoms. The van der Waals surface area contributed by atoms with E-state index in [0.29, 0.717) is 21.9 Å². The summed E-state index contributed by atoms with van der Waals surface area (Å²) in [6, 6.07) is 1.64. The van der Waals surface area contributed by atoms with E-state index in [1.165, 1.54) is 17.6 Å². The van der Waals surface area contributed by atoms with Gasteiger partial charge < -0.3 is 5.73 Å². The smallest absolute Gasteiger partial charge is 0.125 e. The van der Waals surface area contributed by atoms with E-state index >= 15 is 0 Å². The molecule has 3 nitrogen and oxygen atoms in total. The predicted molar refractivity (Wildman–Crippen MR) is 80.9 cm³/mol. The Bertz CT molecular complexity index is 639. The topological polar surface area (TPSA) is 51.3 Å². The SMILES string of the molecule is CC1(C)C/C1=C\C1=Cc2nc(N)cc(Cl)c2N=CC1. The average Bonchev–Trinajstić information content (AvgIpc) is 2.94. The number of anilines is 1. The number of allylic oxidation sites excluding steroid dienone is 3. The molecule has 0 radical (unpaired) electrons. The highest BCUT2D eigenvalue weighted by atomic mass is 35.5. The largest absolute Gasteiger partial charge is 0.384 e. The first-order valence-corrected chi connectivity index (χ1v) is 6.74. The Hall–Kier alpha value is -1.61. The molecule has 98 valence electrons. The number of aliphatic imine (C=N–C) groups is 1. The van der Waals surface area contributed by atoms with Crippen molar-refractivity contribution in [2.45, 2.75) is 26.7 Å². The first-order chi connectivity index (χ1) is 8.95. The molecular formula is C15H16ClN3. The van der Waals surface area contributed by atoms with E-state index < -0.39 is 0 Å². The van der Waals surface area contributed by atoms with Crippen LogP contribution in [-0.2, 0) is 0 Å². The molecule has 1 aromatic heterocycles. The van der Waals surface area contributed by atoms with Crippen LogP contribution >= 0.6 is 11.6 Å². The third kappa shape index (κ3) is 2.43. The molecule has 1 aliphatic carbocycles. The van der Waals surface area contributed by atoms with Crippen LogP contribution < -0.4 is 5.73 Å². The minimum Gasteiger partial charge on any atom is -0.384 e. The van der Waals surface area contributed by atoms with E-state index in [0.717, 1.165) is 12.1 Å². The third-order valence-electron chi connectivity index (χ3n) is 3.60. The van der Waals surface area contributed by atoms with Gasteiger partial charge in [-0.3, -0.25) is 4.99 Å². The molecule has 3 rings (SSSR count). The van der Waals surface area contributed by atoms with E-state index in [9.17, 15) is 0 Å². The summed E-state index contributed by atoms with van der Waals surface area (Å²) in [7, 11) is 0. The van der Waals surface area contributed by atoms with Crippen molar-refractivity contribution in [1.82, 2.24) is 4.98 Å². The van der Waals surface area contributed by atoms with Crippen LogP contribution in [0.15, 0.2) is 28.3 Å². The number of fused-ring (bicyclic) bond motifs is 1. The van der Waals surface area contributed by atoms with Gasteiger partial charge in [-0.05, 0) is 23.5 Å². The van der Waals surface area contributed by atoms with Crippen molar-refractivity contribution >= 4 is 35.4 Å². The Labute approximate surface area is 117 Å². The second-order valence-corrected chi connectivity index (χ2v) is 6.14. The van der Waals surface area contributed by atoms with Gasteiger partial charge in [-0.2, -0.15) is 0 Å². The lowest BCUT2D eigenvalue weighted by Gasteiger charge is -2.03. The van der Waals surface area contributed by atoms with Gasteiger partial charge in [0, 0.05) is 18.7 Å². The van der Waals surface area contributed by atoms with Crippen LogP contribution in [-0.4, -0.2) is 11.2 Å². The van der Waals surface area contributed by atoms with Crippen LogP contribution in [0.4, 0.5) is 11.5 Å². The lowest BCUT2D eigenvalue weighted by Crippen LogP contribution is -1.92. The van der Waals surface area contributed by atoms with Crippen molar-refractivity contribution in [3.63, 3.8) is 0 Å². The number of hydrogen-bond donors (Lipinski definition) is 1. The standard InChI is InChI=1S/C15H16ClN3/c1-15(2)8-10(15)5-9-3-4-18-14-11(16)7-13(17)19-12(14)6-9/h4-7H,3,8H2,1-2H3,(H2,17,19)/b10-5+. The van der Waals surface area contributed by atoms with E-state index in [1.54, 1.807) is 6.07 Å². The van der Waals surface area contributed by atoms with Crippen molar-refractivity contribution in [2.75, 3.05) is 5.73 Å². The number of nitrogens with two attached hydrogens (primary N) is 1. The normalized spacial score (nSPS) is 21.8. The highest BCUT2D eigenvalue weighted by Crippen LogP contribution is 2.51. The lowest BCUT2D eigenvalue weighted by molar-refractivity contribution is 0.686. The summed E-state index contributed by atoms with van der Waals surface area (Å²) in [6.07, 6.45) is 8.13. The number of aromatic nitrogens is 1. The summed E-state index contributed by atoms with van der Waals surface area (Å²) in [4.78, 5) is 8.71. The zero-order chi connectivity index (χ0) is 13.6. The molecule has 1 saturated carbocycles. The summed E-state index contributed by atoms with van der Waals surface area (Å²) >= 11 is 6.15. The molecule has 2 N–H and O–H groups in total. The van der Waals surface area contributed by atoms with Gasteiger partial charge in [-0.25, -0.2) is 4.98 Å². The maximum absolute atomic E-state index is 6.15. The molecule has 4 heteroatoms. The fourth-order valence-corrected chi connectivity index (χ4v) is 2.51. The Morgan fingerprint density at radius 2 is 2.16 bits per heavy atom. The van der Waals surface area contributed by atoms with E-state index in [-0.39, 0.29) is 0 Å². The second kappa shape index (κ2) is 4.20. The zero-order valence-corrected chi connectivity index (χ0v) is 11.8. The molecule has 1 aromatic rings. The van der Waals surface area contributed by atoms with Crippen LogP contribution in [0.3, 0.4) is 0 Å². The first kappa shape index (κ1) is 12.4. The van der Waals surface area contributed by atoms with Gasteiger partial charge in [-0.1, -0.05) is 37.1 Å². The molecule has 1 fully saturated rings. The minimum atomic E-state index is 0.355. The van der Waals surface area contributed by atoms with E-state index in [4.69, 9.17) is 17.3 Å². The Morgan fingerprint density at radius 1 is 1.42 bits per heavy atom. The molecule has 0 aromatic carbocycles. The molecule has 0 amide bonds. The zero-order valence-electron chi connectivity index (χ0n) is 11.1. The average molecular weight is 274 g/mol. The Balaban J connectivity index is 2.03. The first-order valence-electron chi connectivity index (χ1n) is 6.36. The summed E-state index contributed by atoms with van der Waals surface area (Å²) in [5.74, 6) is 0.427. The van der Waals surface area contributed by atoms with Gasteiger partial charge >= 0.3 is 0 Å². The molecule has 1 aliphatic heterocycles. The summed E-state index contributed by atoms with van der Waals surface area (Å²) in [5, 5.41) is 0.552. The molecule has 0 unspecified atom stereocenters. The van der Waals surface area contributed by atoms with Gasteiger partial charge in [0.1, 0.15) is 11.5 Å². The molecule has 2 aliphatic rings. The Kier molecular flexibility index (Phi) is 2.75. The number of hydrogen-bond acceptors (Lipinski definition) is 3. The van der Waals surface area contributed by atoms with Crippen molar-refractivity contribution in [1.29, 1.82) is 0 Å². The number of nitrogens with zero attached hydrogens (tertiary/aromatic N) is 2. The van der Waals surface area contributed by atoms with Gasteiger partial charge in [0.05, 0.1) is 10.7 Å². The monoisotopic (exact) mass is 273 g/mol. The summed E-state index contributed by atoms with van der Waals surface area (Å²) < 4.78 is 0. The molecule has 0 atom stereocenters. The quantitative estimate of drug-likeness (QED) is 0.835. The molecule has 0 saturated heterocycles. The molecule has 0 bridgehead atoms. The van der Waals surface area contributed by atoms with E-state index in [1.807, 2.05) is 12.3 Å². The van der Waals surface area contributed by atoms with Crippen molar-refractivity contribution < 1.29 is 0 Å². The molecule has 2 heterocycles. The van der Waals surface area contributed by atoms with Crippen LogP contribution in [0.25, 0.3) is 6.08 Å². The van der Waals surface area contributed by atoms with Crippen LogP contribution in [0.2, 0.25) is 5.02 Å². The fourth-order valence-electron chi connectivity index (χ4n) is 2.25. The summed E-state index contributed by atoms with van der Waals surface area (Å²) in [5.41, 5.74) is 10.2. The van der Waals surface area contributed by atoms with Crippen LogP contribution in [0, 0.1) is 5.41 Å². The third-order valence-corrected chi connectivity index (χ3v) is 3.89. The van der Waals surface area contributed by atoms with E-state index in [2.05, 4.69) is 29.9 Å². The number of pyridine rings is 1. The van der Waals surface area contributed by atoms with Crippen molar-refractivity contribution in [2.24, 2.45) is 10.4 Å². The van der Waals surface area contributed by atoms with Crippen molar-refractivity contribution in [3.05, 3.63) is 34.0 Å². The molecule has 19 heavy (non-hydrogen) atoms. The highest BCUT2D eigenvalue weighted by molar-refractivity contribution is 6.33. The van der Waals surface area contributed by atoms with Gasteiger partial charge in [-0.15, -0.1) is 0 Å². The van der Waals surface area contributed by atoms with Crippen LogP contribution in [0.5, 0.6) is 0 Å². The van der Waals surface area contributed by atoms with Gasteiger partial charge in [0.2, 0.25) is 0 Å². The Morgan fingerprint density at radius 3 is 2.84 bits per heavy atom. The number of rotatable bonds is 1. The number of nitrogen functional groups attached to an aromatic ring is 1. The minimum absolute atomic E-state index is 0.355. The number of halogens is 1. The van der Waals surface area contributed by atoms with Crippen LogP contribution in [0.1, 0.15) is 32.4 Å². The lowest BCUT2D eigenvalue weighted by atomic mass is 10.1. The second-order valence-electron chi connectivity index (χ2n) is 5.73. The van der Waals surface area contributed by atoms with Gasteiger partial charge in [0.15, 0.2) is 0 Å². The highest BCUT2D eigenvalue weighted by Gasteiger charge is 2.38. The molecular weight excluding hydrogens is 258 g/mol. The fraction of sp³-hybridized carbons (Fsp3) is 0.333. The van der Waals surface area contributed by atoms with Crippen molar-refractivity contribution in [3.8, 4) is 0 Å². The maximum atomic E-state index is 6.15. The summed E-state index contributed by atoms with van der Waals surface area (Å²) in [6.45, 7) is 4.51. The maximum Gasteiger partial charge on any atom is 0.125 e. The predicted octanol–water partition coefficient (Wildman–Crippen LogP) is 4.16. The van der Waals surface area contributed by atoms with Gasteiger partial charge in [0.25, 0.3) is 0 Å².